The zero-order valence-corrected chi connectivity index (χ0v) is 21.2. The molecule has 1 N–H and O–H groups in total. The molecule has 176 valence electrons. The third kappa shape index (κ3) is 5.32. The first-order valence-electron chi connectivity index (χ1n) is 10.8. The van der Waals surface area contributed by atoms with Gasteiger partial charge in [-0.15, -0.1) is 11.3 Å². The van der Waals surface area contributed by atoms with Gasteiger partial charge in [-0.2, -0.15) is 4.72 Å². The molecule has 0 radical (unpaired) electrons. The SMILES string of the molecule is Cc1nc2ccc(S(=O)(=O)N[C@H](C(=O)N3CCN(c4ccc(Cl)cc4)CC3)C(C)C)cc2s1. The minimum absolute atomic E-state index is 0.143. The average Bonchev–Trinajstić information content (AvgIpc) is 3.17. The van der Waals surface area contributed by atoms with E-state index in [0.717, 1.165) is 20.9 Å². The fraction of sp³-hybridized carbons (Fsp3) is 0.391. The van der Waals surface area contributed by atoms with Crippen LogP contribution in [0.2, 0.25) is 5.02 Å². The highest BCUT2D eigenvalue weighted by Gasteiger charge is 2.33. The van der Waals surface area contributed by atoms with E-state index in [2.05, 4.69) is 14.6 Å². The van der Waals surface area contributed by atoms with Crippen LogP contribution in [0.15, 0.2) is 47.4 Å². The van der Waals surface area contributed by atoms with Crippen LogP contribution in [-0.2, 0) is 14.8 Å². The van der Waals surface area contributed by atoms with E-state index in [1.165, 1.54) is 17.4 Å². The molecule has 1 atom stereocenters. The number of carbonyl (C=O) groups excluding carboxylic acids is 1. The summed E-state index contributed by atoms with van der Waals surface area (Å²) in [7, 11) is -3.87. The summed E-state index contributed by atoms with van der Waals surface area (Å²) < 4.78 is 29.7. The standard InChI is InChI=1S/C23H27ClN4O3S2/c1-15(2)22(26-33(30,31)19-8-9-20-21(14-19)32-16(3)25-20)23(29)28-12-10-27(11-13-28)18-6-4-17(24)5-7-18/h4-9,14-15,22,26H,10-13H2,1-3H3/t22-/m0/s1. The molecule has 2 heterocycles. The fourth-order valence-electron chi connectivity index (χ4n) is 3.93. The summed E-state index contributed by atoms with van der Waals surface area (Å²) in [6.45, 7) is 7.99. The molecule has 4 rings (SSSR count). The maximum absolute atomic E-state index is 13.3. The second kappa shape index (κ2) is 9.58. The Balaban J connectivity index is 1.46. The van der Waals surface area contributed by atoms with Gasteiger partial charge in [0, 0.05) is 36.9 Å². The molecule has 10 heteroatoms. The Morgan fingerprint density at radius 2 is 1.76 bits per heavy atom. The number of benzene rings is 2. The van der Waals surface area contributed by atoms with E-state index in [1.54, 1.807) is 17.0 Å². The van der Waals surface area contributed by atoms with Crippen LogP contribution in [-0.4, -0.2) is 56.4 Å². The van der Waals surface area contributed by atoms with Gasteiger partial charge in [0.05, 0.1) is 20.1 Å². The molecule has 0 spiro atoms. The van der Waals surface area contributed by atoms with Gasteiger partial charge in [-0.25, -0.2) is 13.4 Å². The highest BCUT2D eigenvalue weighted by Crippen LogP contribution is 2.25. The number of hydrogen-bond acceptors (Lipinski definition) is 6. The van der Waals surface area contributed by atoms with E-state index in [1.807, 2.05) is 45.0 Å². The maximum Gasteiger partial charge on any atom is 0.241 e. The van der Waals surface area contributed by atoms with Gasteiger partial charge < -0.3 is 9.80 Å². The normalized spacial score (nSPS) is 15.9. The first-order chi connectivity index (χ1) is 15.6. The lowest BCUT2D eigenvalue weighted by Crippen LogP contribution is -2.56. The minimum atomic E-state index is -3.87. The van der Waals surface area contributed by atoms with Crippen molar-refractivity contribution in [3.63, 3.8) is 0 Å². The van der Waals surface area contributed by atoms with Gasteiger partial charge in [-0.3, -0.25) is 4.79 Å². The monoisotopic (exact) mass is 506 g/mol. The molecule has 2 aromatic carbocycles. The Kier molecular flexibility index (Phi) is 6.95. The van der Waals surface area contributed by atoms with E-state index >= 15 is 0 Å². The Morgan fingerprint density at radius 1 is 1.09 bits per heavy atom. The fourth-order valence-corrected chi connectivity index (χ4v) is 6.36. The number of anilines is 1. The molecule has 1 saturated heterocycles. The van der Waals surface area contributed by atoms with Gasteiger partial charge in [-0.05, 0) is 55.3 Å². The number of aryl methyl sites for hydroxylation is 1. The number of rotatable bonds is 6. The van der Waals surface area contributed by atoms with Crippen LogP contribution < -0.4 is 9.62 Å². The minimum Gasteiger partial charge on any atom is -0.368 e. The van der Waals surface area contributed by atoms with Crippen LogP contribution in [0.25, 0.3) is 10.2 Å². The number of nitrogens with zero attached hydrogens (tertiary/aromatic N) is 3. The topological polar surface area (TPSA) is 82.6 Å². The van der Waals surface area contributed by atoms with Gasteiger partial charge in [0.15, 0.2) is 0 Å². The van der Waals surface area contributed by atoms with Crippen LogP contribution in [0.4, 0.5) is 5.69 Å². The van der Waals surface area contributed by atoms with Crippen molar-refractivity contribution in [3.8, 4) is 0 Å². The van der Waals surface area contributed by atoms with Gasteiger partial charge in [0.25, 0.3) is 0 Å². The van der Waals surface area contributed by atoms with Gasteiger partial charge in [0.1, 0.15) is 6.04 Å². The van der Waals surface area contributed by atoms with Gasteiger partial charge >= 0.3 is 0 Å². The molecule has 7 nitrogen and oxygen atoms in total. The van der Waals surface area contributed by atoms with E-state index in [-0.39, 0.29) is 16.7 Å². The molecule has 1 fully saturated rings. The summed E-state index contributed by atoms with van der Waals surface area (Å²) in [6.07, 6.45) is 0. The molecular weight excluding hydrogens is 480 g/mol. The Bertz CT molecular complexity index is 1250. The highest BCUT2D eigenvalue weighted by molar-refractivity contribution is 7.89. The number of hydrogen-bond donors (Lipinski definition) is 1. The summed E-state index contributed by atoms with van der Waals surface area (Å²) in [5, 5.41) is 1.56. The van der Waals surface area contributed by atoms with Crippen LogP contribution in [0.3, 0.4) is 0 Å². The van der Waals surface area contributed by atoms with Crippen molar-refractivity contribution in [2.45, 2.75) is 31.7 Å². The van der Waals surface area contributed by atoms with Gasteiger partial charge in [0.2, 0.25) is 15.9 Å². The number of piperazine rings is 1. The number of amides is 1. The maximum atomic E-state index is 13.3. The number of halogens is 1. The molecule has 3 aromatic rings. The molecule has 0 unspecified atom stereocenters. The third-order valence-electron chi connectivity index (χ3n) is 5.78. The molecule has 0 aliphatic carbocycles. The quantitative estimate of drug-likeness (QED) is 0.548. The second-order valence-corrected chi connectivity index (χ2v) is 11.9. The first kappa shape index (κ1) is 23.9. The van der Waals surface area contributed by atoms with Crippen molar-refractivity contribution in [2.75, 3.05) is 31.1 Å². The molecule has 1 aromatic heterocycles. The second-order valence-electron chi connectivity index (χ2n) is 8.49. The van der Waals surface area contributed by atoms with E-state index in [0.29, 0.717) is 31.2 Å². The largest absolute Gasteiger partial charge is 0.368 e. The van der Waals surface area contributed by atoms with Gasteiger partial charge in [-0.1, -0.05) is 25.4 Å². The molecule has 0 saturated carbocycles. The highest BCUT2D eigenvalue weighted by atomic mass is 35.5. The number of aromatic nitrogens is 1. The van der Waals surface area contributed by atoms with E-state index in [4.69, 9.17) is 11.6 Å². The van der Waals surface area contributed by atoms with Crippen LogP contribution in [0, 0.1) is 12.8 Å². The average molecular weight is 507 g/mol. The Labute approximate surface area is 203 Å². The predicted molar refractivity (Wildman–Crippen MR) is 134 cm³/mol. The zero-order valence-electron chi connectivity index (χ0n) is 18.8. The van der Waals surface area contributed by atoms with E-state index < -0.39 is 16.1 Å². The number of fused-ring (bicyclic) bond motifs is 1. The lowest BCUT2D eigenvalue weighted by atomic mass is 10.0. The Hall–Kier alpha value is -2.20. The zero-order chi connectivity index (χ0) is 23.8. The number of thiazole rings is 1. The van der Waals surface area contributed by atoms with Crippen molar-refractivity contribution in [1.29, 1.82) is 0 Å². The number of sulfonamides is 1. The number of carbonyl (C=O) groups is 1. The smallest absolute Gasteiger partial charge is 0.241 e. The lowest BCUT2D eigenvalue weighted by molar-refractivity contribution is -0.134. The van der Waals surface area contributed by atoms with Crippen molar-refractivity contribution >= 4 is 54.8 Å². The summed E-state index contributed by atoms with van der Waals surface area (Å²) in [5.74, 6) is -0.394. The summed E-state index contributed by atoms with van der Waals surface area (Å²) in [6, 6.07) is 11.7. The number of nitrogens with one attached hydrogen (secondary N) is 1. The lowest BCUT2D eigenvalue weighted by Gasteiger charge is -2.38. The van der Waals surface area contributed by atoms with Crippen molar-refractivity contribution < 1.29 is 13.2 Å². The van der Waals surface area contributed by atoms with Crippen LogP contribution in [0.1, 0.15) is 18.9 Å². The molecule has 1 amide bonds. The van der Waals surface area contributed by atoms with Crippen molar-refractivity contribution in [1.82, 2.24) is 14.6 Å². The summed E-state index contributed by atoms with van der Waals surface area (Å²) in [4.78, 5) is 21.8. The van der Waals surface area contributed by atoms with Crippen molar-refractivity contribution in [3.05, 3.63) is 52.5 Å². The molecular formula is C23H27ClN4O3S2. The first-order valence-corrected chi connectivity index (χ1v) is 13.5. The van der Waals surface area contributed by atoms with Crippen LogP contribution >= 0.6 is 22.9 Å². The predicted octanol–water partition coefficient (Wildman–Crippen LogP) is 3.91. The van der Waals surface area contributed by atoms with Crippen LogP contribution in [0.5, 0.6) is 0 Å². The molecule has 0 bridgehead atoms. The summed E-state index contributed by atoms with van der Waals surface area (Å²) in [5.41, 5.74) is 1.83. The Morgan fingerprint density at radius 3 is 2.39 bits per heavy atom. The molecule has 1 aliphatic heterocycles. The molecule has 33 heavy (non-hydrogen) atoms. The van der Waals surface area contributed by atoms with E-state index in [9.17, 15) is 13.2 Å². The molecule has 1 aliphatic rings. The summed E-state index contributed by atoms with van der Waals surface area (Å²) >= 11 is 7.42. The third-order valence-corrected chi connectivity index (χ3v) is 8.40. The van der Waals surface area contributed by atoms with Crippen molar-refractivity contribution in [2.24, 2.45) is 5.92 Å².